The largest absolute Gasteiger partial charge is 0.334 e. The Morgan fingerprint density at radius 3 is 2.93 bits per heavy atom. The standard InChI is InChI=1S/C10H16N4/c1-10(2,8-12)3-5-14-6-4-13-9(14)7-11/h4,6H,3,5,7,11H2,1-2H3. The topological polar surface area (TPSA) is 67.6 Å². The number of hydrogen-bond donors (Lipinski definition) is 1. The summed E-state index contributed by atoms with van der Waals surface area (Å²) in [6.45, 7) is 5.12. The number of imidazole rings is 1. The van der Waals surface area contributed by atoms with Gasteiger partial charge >= 0.3 is 0 Å². The molecule has 4 nitrogen and oxygen atoms in total. The number of nitrogens with zero attached hydrogens (tertiary/aromatic N) is 3. The van der Waals surface area contributed by atoms with E-state index in [1.54, 1.807) is 6.20 Å². The van der Waals surface area contributed by atoms with Crippen molar-refractivity contribution in [2.45, 2.75) is 33.4 Å². The first-order valence-corrected chi connectivity index (χ1v) is 4.70. The normalized spacial score (nSPS) is 11.3. The van der Waals surface area contributed by atoms with E-state index in [-0.39, 0.29) is 5.41 Å². The lowest BCUT2D eigenvalue weighted by Crippen LogP contribution is -2.14. The average molecular weight is 192 g/mol. The second kappa shape index (κ2) is 4.25. The highest BCUT2D eigenvalue weighted by Gasteiger charge is 2.16. The van der Waals surface area contributed by atoms with Gasteiger partial charge < -0.3 is 10.3 Å². The van der Waals surface area contributed by atoms with Crippen LogP contribution in [-0.2, 0) is 13.1 Å². The summed E-state index contributed by atoms with van der Waals surface area (Å²) in [6, 6.07) is 2.28. The number of rotatable bonds is 4. The number of nitriles is 1. The minimum absolute atomic E-state index is 0.282. The number of aromatic nitrogens is 2. The van der Waals surface area contributed by atoms with Gasteiger partial charge in [-0.3, -0.25) is 0 Å². The molecule has 0 aliphatic carbocycles. The Labute approximate surface area is 84.4 Å². The van der Waals surface area contributed by atoms with Gasteiger partial charge in [0, 0.05) is 18.9 Å². The van der Waals surface area contributed by atoms with E-state index in [0.29, 0.717) is 6.54 Å². The van der Waals surface area contributed by atoms with Crippen molar-refractivity contribution in [1.82, 2.24) is 9.55 Å². The summed E-state index contributed by atoms with van der Waals surface area (Å²) in [7, 11) is 0. The summed E-state index contributed by atoms with van der Waals surface area (Å²) in [5, 5.41) is 8.85. The van der Waals surface area contributed by atoms with Gasteiger partial charge in [-0.25, -0.2) is 4.98 Å². The second-order valence-electron chi connectivity index (χ2n) is 3.99. The monoisotopic (exact) mass is 192 g/mol. The van der Waals surface area contributed by atoms with Crippen LogP contribution in [0, 0.1) is 16.7 Å². The molecule has 0 spiro atoms. The molecule has 0 radical (unpaired) electrons. The van der Waals surface area contributed by atoms with Gasteiger partial charge in [0.15, 0.2) is 0 Å². The zero-order chi connectivity index (χ0) is 10.6. The highest BCUT2D eigenvalue weighted by atomic mass is 15.1. The molecule has 1 heterocycles. The van der Waals surface area contributed by atoms with Crippen LogP contribution in [0.15, 0.2) is 12.4 Å². The van der Waals surface area contributed by atoms with E-state index >= 15 is 0 Å². The fraction of sp³-hybridized carbons (Fsp3) is 0.600. The Bertz CT molecular complexity index is 332. The van der Waals surface area contributed by atoms with Crippen molar-refractivity contribution in [2.75, 3.05) is 0 Å². The van der Waals surface area contributed by atoms with E-state index in [1.165, 1.54) is 0 Å². The van der Waals surface area contributed by atoms with Crippen LogP contribution in [0.4, 0.5) is 0 Å². The van der Waals surface area contributed by atoms with Gasteiger partial charge in [-0.05, 0) is 20.3 Å². The maximum Gasteiger partial charge on any atom is 0.122 e. The summed E-state index contributed by atoms with van der Waals surface area (Å²) in [4.78, 5) is 4.12. The molecule has 0 saturated heterocycles. The third-order valence-corrected chi connectivity index (χ3v) is 2.26. The van der Waals surface area contributed by atoms with Gasteiger partial charge in [0.05, 0.1) is 18.0 Å². The van der Waals surface area contributed by atoms with Crippen LogP contribution >= 0.6 is 0 Å². The molecule has 0 saturated carbocycles. The molecular formula is C10H16N4. The van der Waals surface area contributed by atoms with Gasteiger partial charge in [0.25, 0.3) is 0 Å². The lowest BCUT2D eigenvalue weighted by Gasteiger charge is -2.15. The third-order valence-electron chi connectivity index (χ3n) is 2.26. The first-order valence-electron chi connectivity index (χ1n) is 4.70. The van der Waals surface area contributed by atoms with Crippen molar-refractivity contribution >= 4 is 0 Å². The van der Waals surface area contributed by atoms with Gasteiger partial charge in [0.1, 0.15) is 5.82 Å². The molecule has 1 aromatic rings. The molecule has 0 bridgehead atoms. The molecule has 0 amide bonds. The summed E-state index contributed by atoms with van der Waals surface area (Å²) in [5.74, 6) is 0.874. The fourth-order valence-corrected chi connectivity index (χ4v) is 1.19. The molecule has 1 aromatic heterocycles. The fourth-order valence-electron chi connectivity index (χ4n) is 1.19. The molecule has 0 atom stereocenters. The number of nitrogens with two attached hydrogens (primary N) is 1. The quantitative estimate of drug-likeness (QED) is 0.781. The Balaban J connectivity index is 2.59. The lowest BCUT2D eigenvalue weighted by atomic mass is 9.91. The van der Waals surface area contributed by atoms with Crippen LogP contribution in [0.2, 0.25) is 0 Å². The molecule has 0 fully saturated rings. The molecule has 0 aromatic carbocycles. The van der Waals surface area contributed by atoms with Crippen LogP contribution in [0.25, 0.3) is 0 Å². The smallest absolute Gasteiger partial charge is 0.122 e. The SMILES string of the molecule is CC(C)(C#N)CCn1ccnc1CN. The van der Waals surface area contributed by atoms with Gasteiger partial charge in [-0.15, -0.1) is 0 Å². The maximum absolute atomic E-state index is 8.85. The predicted octanol–water partition coefficient (Wildman–Crippen LogP) is 1.28. The lowest BCUT2D eigenvalue weighted by molar-refractivity contribution is 0.409. The minimum atomic E-state index is -0.282. The van der Waals surface area contributed by atoms with Crippen molar-refractivity contribution in [3.05, 3.63) is 18.2 Å². The van der Waals surface area contributed by atoms with Crippen molar-refractivity contribution in [3.63, 3.8) is 0 Å². The van der Waals surface area contributed by atoms with E-state index in [4.69, 9.17) is 11.0 Å². The van der Waals surface area contributed by atoms with Crippen molar-refractivity contribution in [2.24, 2.45) is 11.1 Å². The molecule has 2 N–H and O–H groups in total. The van der Waals surface area contributed by atoms with Crippen LogP contribution < -0.4 is 5.73 Å². The molecule has 0 aliphatic heterocycles. The summed E-state index contributed by atoms with van der Waals surface area (Å²) >= 11 is 0. The highest BCUT2D eigenvalue weighted by molar-refractivity contribution is 4.95. The molecule has 4 heteroatoms. The molecule has 0 unspecified atom stereocenters. The van der Waals surface area contributed by atoms with Gasteiger partial charge in [0.2, 0.25) is 0 Å². The molecule has 76 valence electrons. The van der Waals surface area contributed by atoms with E-state index < -0.39 is 0 Å². The third kappa shape index (κ3) is 2.57. The van der Waals surface area contributed by atoms with E-state index in [9.17, 15) is 0 Å². The Kier molecular flexibility index (Phi) is 3.26. The number of hydrogen-bond acceptors (Lipinski definition) is 3. The Hall–Kier alpha value is -1.34. The summed E-state index contributed by atoms with van der Waals surface area (Å²) < 4.78 is 2.00. The van der Waals surface area contributed by atoms with E-state index in [0.717, 1.165) is 18.8 Å². The first-order chi connectivity index (χ1) is 6.59. The van der Waals surface area contributed by atoms with E-state index in [1.807, 2.05) is 24.6 Å². The van der Waals surface area contributed by atoms with Gasteiger partial charge in [-0.1, -0.05) is 0 Å². The van der Waals surface area contributed by atoms with Gasteiger partial charge in [-0.2, -0.15) is 5.26 Å². The van der Waals surface area contributed by atoms with Crippen molar-refractivity contribution < 1.29 is 0 Å². The predicted molar refractivity (Wildman–Crippen MR) is 54.1 cm³/mol. The summed E-state index contributed by atoms with van der Waals surface area (Å²) in [6.07, 6.45) is 4.45. The van der Waals surface area contributed by atoms with Crippen LogP contribution in [0.5, 0.6) is 0 Å². The van der Waals surface area contributed by atoms with Crippen molar-refractivity contribution in [3.8, 4) is 6.07 Å². The van der Waals surface area contributed by atoms with E-state index in [2.05, 4.69) is 11.1 Å². The first kappa shape index (κ1) is 10.7. The molecule has 14 heavy (non-hydrogen) atoms. The van der Waals surface area contributed by atoms with Crippen LogP contribution in [0.3, 0.4) is 0 Å². The molecule has 1 rings (SSSR count). The Morgan fingerprint density at radius 2 is 2.36 bits per heavy atom. The second-order valence-corrected chi connectivity index (χ2v) is 3.99. The van der Waals surface area contributed by atoms with Crippen LogP contribution in [-0.4, -0.2) is 9.55 Å². The van der Waals surface area contributed by atoms with Crippen molar-refractivity contribution in [1.29, 1.82) is 5.26 Å². The molecular weight excluding hydrogens is 176 g/mol. The zero-order valence-electron chi connectivity index (χ0n) is 8.70. The zero-order valence-corrected chi connectivity index (χ0v) is 8.70. The maximum atomic E-state index is 8.85. The summed E-state index contributed by atoms with van der Waals surface area (Å²) in [5.41, 5.74) is 5.24. The molecule has 0 aliphatic rings. The number of aryl methyl sites for hydroxylation is 1. The minimum Gasteiger partial charge on any atom is -0.334 e. The average Bonchev–Trinajstić information content (AvgIpc) is 2.62. The highest BCUT2D eigenvalue weighted by Crippen LogP contribution is 2.19. The van der Waals surface area contributed by atoms with Crippen LogP contribution in [0.1, 0.15) is 26.1 Å². The Morgan fingerprint density at radius 1 is 1.64 bits per heavy atom.